The van der Waals surface area contributed by atoms with E-state index in [0.717, 1.165) is 101 Å². The minimum Gasteiger partial charge on any atom is -1.00 e. The van der Waals surface area contributed by atoms with Crippen molar-refractivity contribution in [3.8, 4) is 0 Å². The first-order chi connectivity index (χ1) is 32.8. The van der Waals surface area contributed by atoms with Crippen LogP contribution in [0.25, 0.3) is 0 Å². The smallest absolute Gasteiger partial charge is 1.00 e. The molecule has 400 valence electrons. The van der Waals surface area contributed by atoms with Gasteiger partial charge in [0.2, 0.25) is 0 Å². The van der Waals surface area contributed by atoms with Gasteiger partial charge in [-0.1, -0.05) is 125 Å². The molecular formula is C57H97I2NaO10. The number of hydrogen-bond donors (Lipinski definition) is 0. The molecule has 10 nitrogen and oxygen atoms in total. The molecule has 2 aliphatic heterocycles. The predicted octanol–water partition coefficient (Wildman–Crippen LogP) is 8.37. The third kappa shape index (κ3) is 26.2. The fourth-order valence-electron chi connectivity index (χ4n) is 11.0. The maximum atomic E-state index is 12.9. The van der Waals surface area contributed by atoms with Crippen molar-refractivity contribution in [2.24, 2.45) is 35.5 Å². The summed E-state index contributed by atoms with van der Waals surface area (Å²) in [6.45, 7) is 16.9. The minimum absolute atomic E-state index is 0. The monoisotopic (exact) mass is 1220 g/mol. The summed E-state index contributed by atoms with van der Waals surface area (Å²) in [6, 6.07) is 0. The first-order valence-corrected chi connectivity index (χ1v) is 29.2. The van der Waals surface area contributed by atoms with Crippen LogP contribution in [0.3, 0.4) is 0 Å². The van der Waals surface area contributed by atoms with Crippen LogP contribution in [0.15, 0.2) is 24.3 Å². The molecule has 0 aromatic rings. The van der Waals surface area contributed by atoms with Crippen LogP contribution in [0.4, 0.5) is 0 Å². The molecule has 0 bridgehead atoms. The van der Waals surface area contributed by atoms with Gasteiger partial charge in [-0.3, -0.25) is 19.2 Å². The Morgan fingerprint density at radius 1 is 0.586 bits per heavy atom. The second-order valence-corrected chi connectivity index (χ2v) is 21.7. The number of ketones is 2. The van der Waals surface area contributed by atoms with Crippen LogP contribution >= 0.6 is 22.6 Å². The van der Waals surface area contributed by atoms with Crippen molar-refractivity contribution in [3.05, 3.63) is 24.3 Å². The number of halogens is 2. The molecule has 4 aliphatic rings. The predicted molar refractivity (Wildman–Crippen MR) is 282 cm³/mol. The van der Waals surface area contributed by atoms with Crippen molar-refractivity contribution in [2.75, 3.05) is 30.9 Å². The van der Waals surface area contributed by atoms with Crippen LogP contribution in [0.5, 0.6) is 0 Å². The SMILES string of the molecule is CCCCCCCC1(CC[C@H]2[C@H](CC)CC(=O)[C@@H]2CC=CCCCC(=O)OC(C)C)OCCO1.CCCCCCCC1(CC[C@H]2[C@H](CI)CC(=O)[C@@H]2CC=CCCCC(=O)OC(C)C)OCCO1.[I-].[Na+]. The molecule has 4 rings (SSSR count). The number of unbranched alkanes of at least 4 members (excludes halogenated alkanes) is 10. The zero-order valence-corrected chi connectivity index (χ0v) is 51.7. The molecule has 2 saturated heterocycles. The van der Waals surface area contributed by atoms with Crippen molar-refractivity contribution >= 4 is 46.1 Å². The molecule has 0 unspecified atom stereocenters. The van der Waals surface area contributed by atoms with E-state index in [-0.39, 0.29) is 89.5 Å². The Morgan fingerprint density at radius 2 is 0.971 bits per heavy atom. The Balaban J connectivity index is 0.000000681. The van der Waals surface area contributed by atoms with E-state index in [9.17, 15) is 19.2 Å². The second kappa shape index (κ2) is 39.4. The largest absolute Gasteiger partial charge is 1.00 e. The molecule has 0 radical (unpaired) electrons. The molecule has 0 amide bonds. The number of carbonyl (C=O) groups is 4. The van der Waals surface area contributed by atoms with Gasteiger partial charge in [-0.25, -0.2) is 0 Å². The van der Waals surface area contributed by atoms with Gasteiger partial charge in [-0.15, -0.1) is 0 Å². The summed E-state index contributed by atoms with van der Waals surface area (Å²) >= 11 is 2.45. The van der Waals surface area contributed by atoms with Crippen LogP contribution < -0.4 is 53.5 Å². The molecule has 70 heavy (non-hydrogen) atoms. The van der Waals surface area contributed by atoms with Gasteiger partial charge < -0.3 is 52.4 Å². The van der Waals surface area contributed by atoms with E-state index >= 15 is 0 Å². The molecule has 2 saturated carbocycles. The summed E-state index contributed by atoms with van der Waals surface area (Å²) in [7, 11) is 0. The Hall–Kier alpha value is 0.0600. The topological polar surface area (TPSA) is 124 Å². The van der Waals surface area contributed by atoms with Crippen molar-refractivity contribution in [3.63, 3.8) is 0 Å². The van der Waals surface area contributed by atoms with Gasteiger partial charge in [0.05, 0.1) is 38.6 Å². The van der Waals surface area contributed by atoms with Crippen LogP contribution in [-0.4, -0.2) is 78.1 Å². The van der Waals surface area contributed by atoms with E-state index < -0.39 is 11.6 Å². The normalized spacial score (nSPS) is 23.8. The maximum Gasteiger partial charge on any atom is 1.00 e. The van der Waals surface area contributed by atoms with Gasteiger partial charge in [0.25, 0.3) is 0 Å². The maximum absolute atomic E-state index is 12.9. The second-order valence-electron chi connectivity index (χ2n) is 20.9. The summed E-state index contributed by atoms with van der Waals surface area (Å²) in [6.07, 6.45) is 34.9. The zero-order chi connectivity index (χ0) is 49.6. The molecular weight excluding hydrogens is 1120 g/mol. The molecule has 6 atom stereocenters. The van der Waals surface area contributed by atoms with Crippen LogP contribution in [-0.2, 0) is 47.6 Å². The minimum atomic E-state index is -0.432. The standard InChI is InChI=1S/C29H50O5.C28H47IO5.HI.Na/c1-5-7-8-11-14-18-29(32-20-21-33-29)19-17-25-24(6-2)22-27(30)26(25)15-12-9-10-13-16-28(31)34-23(3)4;1-4-5-6-9-12-16-28(32-18-19-33-28)17-15-24-23(21-29)20-26(30)25(24)13-10-7-8-11-14-27(31)34-22(2)3;;/h9,12,23-26H,5-8,10-11,13-22H2,1-4H3;7,10,22-25H,4-6,8-9,11-21H2,1-3H3;1H;/q;;;+1/p-1/t24-,25+,26-;23-,24-,25+;;/m10../s1. The average Bonchev–Trinajstić information content (AvgIpc) is 4.10. The Labute approximate surface area is 479 Å². The quantitative estimate of drug-likeness (QED) is 0.0155. The summed E-state index contributed by atoms with van der Waals surface area (Å²) in [5.41, 5.74) is 0. The number of carbonyl (C=O) groups excluding carboxylic acids is 4. The average molecular weight is 1220 g/mol. The number of rotatable bonds is 34. The first kappa shape index (κ1) is 68.1. The summed E-state index contributed by atoms with van der Waals surface area (Å²) in [5, 5.41) is 0. The van der Waals surface area contributed by atoms with Crippen molar-refractivity contribution in [1.82, 2.24) is 0 Å². The molecule has 0 aromatic carbocycles. The van der Waals surface area contributed by atoms with Crippen LogP contribution in [0, 0.1) is 35.5 Å². The fourth-order valence-corrected chi connectivity index (χ4v) is 12.0. The number of ether oxygens (including phenoxy) is 6. The molecule has 4 fully saturated rings. The molecule has 0 N–H and O–H groups in total. The van der Waals surface area contributed by atoms with Crippen molar-refractivity contribution < 1.29 is 101 Å². The molecule has 0 aromatic heterocycles. The van der Waals surface area contributed by atoms with Gasteiger partial charge in [0, 0.05) is 67.6 Å². The van der Waals surface area contributed by atoms with Gasteiger partial charge in [0.1, 0.15) is 11.6 Å². The van der Waals surface area contributed by atoms with E-state index in [1.54, 1.807) is 0 Å². The van der Waals surface area contributed by atoms with Crippen molar-refractivity contribution in [1.29, 1.82) is 0 Å². The van der Waals surface area contributed by atoms with Crippen LogP contribution in [0.2, 0.25) is 0 Å². The number of allylic oxidation sites excluding steroid dienone is 4. The number of hydrogen-bond acceptors (Lipinski definition) is 10. The van der Waals surface area contributed by atoms with E-state index in [1.165, 1.54) is 51.4 Å². The summed E-state index contributed by atoms with van der Waals surface area (Å²) in [4.78, 5) is 49.0. The third-order valence-electron chi connectivity index (χ3n) is 14.7. The van der Waals surface area contributed by atoms with Crippen LogP contribution in [0.1, 0.15) is 222 Å². The van der Waals surface area contributed by atoms with Gasteiger partial charge >= 0.3 is 41.5 Å². The Bertz CT molecular complexity index is 1370. The van der Waals surface area contributed by atoms with E-state index in [1.807, 2.05) is 27.7 Å². The Kier molecular flexibility index (Phi) is 38.4. The van der Waals surface area contributed by atoms with Gasteiger partial charge in [-0.05, 0) is 116 Å². The number of alkyl halides is 1. The van der Waals surface area contributed by atoms with Gasteiger partial charge in [0.15, 0.2) is 11.6 Å². The van der Waals surface area contributed by atoms with E-state index in [0.29, 0.717) is 87.3 Å². The summed E-state index contributed by atoms with van der Waals surface area (Å²) in [5.74, 6) is 1.67. The fraction of sp³-hybridized carbons (Fsp3) is 0.860. The first-order valence-electron chi connectivity index (χ1n) is 27.7. The number of esters is 2. The molecule has 2 heterocycles. The zero-order valence-electron chi connectivity index (χ0n) is 45.4. The molecule has 13 heteroatoms. The summed E-state index contributed by atoms with van der Waals surface area (Å²) < 4.78 is 36.0. The molecule has 2 aliphatic carbocycles. The van der Waals surface area contributed by atoms with Gasteiger partial charge in [-0.2, -0.15) is 0 Å². The van der Waals surface area contributed by atoms with E-state index in [4.69, 9.17) is 28.4 Å². The van der Waals surface area contributed by atoms with E-state index in [2.05, 4.69) is 67.7 Å². The number of Topliss-reactive ketones (excluding diaryl/α,β-unsaturated/α-hetero) is 2. The van der Waals surface area contributed by atoms with Crippen molar-refractivity contribution in [2.45, 2.75) is 246 Å². The molecule has 0 spiro atoms. The Morgan fingerprint density at radius 3 is 1.34 bits per heavy atom. The third-order valence-corrected chi connectivity index (χ3v) is 15.9.